The van der Waals surface area contributed by atoms with Crippen molar-refractivity contribution in [1.82, 2.24) is 10.3 Å². The standard InChI is InChI=1S/C14H12ClFN2O2/c1-10-13(18-20-17-10)9-19-14-6-5-12(16)8-11(14)4-2-3-7-15/h5-6,8H,3,7,9H2,1H3. The van der Waals surface area contributed by atoms with Gasteiger partial charge in [0.15, 0.2) is 0 Å². The molecule has 0 spiro atoms. The number of aryl methyl sites for hydroxylation is 1. The average molecular weight is 295 g/mol. The summed E-state index contributed by atoms with van der Waals surface area (Å²) in [6.45, 7) is 1.95. The third-order valence-corrected chi connectivity index (χ3v) is 2.68. The molecule has 0 unspecified atom stereocenters. The summed E-state index contributed by atoms with van der Waals surface area (Å²) in [5.74, 6) is 6.24. The number of alkyl halides is 1. The Balaban J connectivity index is 2.15. The topological polar surface area (TPSA) is 48.2 Å². The van der Waals surface area contributed by atoms with E-state index in [4.69, 9.17) is 16.3 Å². The van der Waals surface area contributed by atoms with E-state index in [1.807, 2.05) is 0 Å². The van der Waals surface area contributed by atoms with Gasteiger partial charge in [-0.25, -0.2) is 9.02 Å². The third-order valence-electron chi connectivity index (χ3n) is 2.49. The molecule has 1 heterocycles. The lowest BCUT2D eigenvalue weighted by Crippen LogP contribution is -1.99. The van der Waals surface area contributed by atoms with E-state index in [2.05, 4.69) is 26.8 Å². The van der Waals surface area contributed by atoms with Crippen LogP contribution in [0.1, 0.15) is 23.4 Å². The summed E-state index contributed by atoms with van der Waals surface area (Å²) in [4.78, 5) is 0. The number of benzene rings is 1. The molecule has 4 nitrogen and oxygen atoms in total. The number of halogens is 2. The molecule has 0 aliphatic heterocycles. The molecule has 0 bridgehead atoms. The molecule has 0 fully saturated rings. The summed E-state index contributed by atoms with van der Waals surface area (Å²) in [5, 5.41) is 7.37. The van der Waals surface area contributed by atoms with Gasteiger partial charge in [0, 0.05) is 12.3 Å². The number of aromatic nitrogens is 2. The lowest BCUT2D eigenvalue weighted by molar-refractivity contribution is 0.269. The van der Waals surface area contributed by atoms with Crippen molar-refractivity contribution in [3.8, 4) is 17.6 Å². The van der Waals surface area contributed by atoms with Crippen LogP contribution in [0.25, 0.3) is 0 Å². The molecule has 0 saturated carbocycles. The average Bonchev–Trinajstić information content (AvgIpc) is 2.84. The van der Waals surface area contributed by atoms with Crippen molar-refractivity contribution in [1.29, 1.82) is 0 Å². The van der Waals surface area contributed by atoms with Crippen LogP contribution in [0.2, 0.25) is 0 Å². The Hall–Kier alpha value is -2.06. The van der Waals surface area contributed by atoms with E-state index in [-0.39, 0.29) is 12.4 Å². The lowest BCUT2D eigenvalue weighted by atomic mass is 10.2. The van der Waals surface area contributed by atoms with Crippen molar-refractivity contribution >= 4 is 11.6 Å². The van der Waals surface area contributed by atoms with Crippen LogP contribution in [-0.2, 0) is 6.61 Å². The van der Waals surface area contributed by atoms with Gasteiger partial charge in [0.1, 0.15) is 29.6 Å². The molecular formula is C14H12ClFN2O2. The van der Waals surface area contributed by atoms with E-state index in [1.165, 1.54) is 18.2 Å². The molecule has 1 aromatic carbocycles. The zero-order valence-corrected chi connectivity index (χ0v) is 11.6. The number of hydrogen-bond donors (Lipinski definition) is 0. The molecule has 0 saturated heterocycles. The van der Waals surface area contributed by atoms with Gasteiger partial charge in [-0.2, -0.15) is 0 Å². The maximum atomic E-state index is 13.2. The quantitative estimate of drug-likeness (QED) is 0.642. The molecule has 2 rings (SSSR count). The fourth-order valence-electron chi connectivity index (χ4n) is 1.46. The minimum Gasteiger partial charge on any atom is -0.486 e. The zero-order valence-electron chi connectivity index (χ0n) is 10.8. The maximum absolute atomic E-state index is 13.2. The first-order valence-corrected chi connectivity index (χ1v) is 6.49. The van der Waals surface area contributed by atoms with E-state index in [0.29, 0.717) is 35.0 Å². The van der Waals surface area contributed by atoms with Crippen LogP contribution in [-0.4, -0.2) is 16.2 Å². The Morgan fingerprint density at radius 1 is 1.40 bits per heavy atom. The molecule has 0 radical (unpaired) electrons. The van der Waals surface area contributed by atoms with Crippen LogP contribution in [0, 0.1) is 24.6 Å². The van der Waals surface area contributed by atoms with Gasteiger partial charge < -0.3 is 4.74 Å². The van der Waals surface area contributed by atoms with Gasteiger partial charge in [0.05, 0.1) is 5.56 Å². The molecule has 0 amide bonds. The SMILES string of the molecule is Cc1nonc1COc1ccc(F)cc1C#CCCCl. The summed E-state index contributed by atoms with van der Waals surface area (Å²) < 4.78 is 23.4. The smallest absolute Gasteiger partial charge is 0.145 e. The van der Waals surface area contributed by atoms with Gasteiger partial charge in [-0.15, -0.1) is 11.6 Å². The van der Waals surface area contributed by atoms with Crippen molar-refractivity contribution in [2.45, 2.75) is 20.0 Å². The Morgan fingerprint density at radius 3 is 2.95 bits per heavy atom. The van der Waals surface area contributed by atoms with E-state index >= 15 is 0 Å². The minimum atomic E-state index is -0.369. The summed E-state index contributed by atoms with van der Waals surface area (Å²) in [6, 6.07) is 4.17. The Labute approximate surface area is 120 Å². The first-order chi connectivity index (χ1) is 9.70. The monoisotopic (exact) mass is 294 g/mol. The molecule has 104 valence electrons. The Bertz CT molecular complexity index is 646. The second kappa shape index (κ2) is 6.92. The first kappa shape index (κ1) is 14.4. The summed E-state index contributed by atoms with van der Waals surface area (Å²) in [6.07, 6.45) is 0.532. The van der Waals surface area contributed by atoms with Crippen molar-refractivity contribution in [2.75, 3.05) is 5.88 Å². The molecular weight excluding hydrogens is 283 g/mol. The highest BCUT2D eigenvalue weighted by Crippen LogP contribution is 2.20. The number of rotatable bonds is 4. The fraction of sp³-hybridized carbons (Fsp3) is 0.286. The van der Waals surface area contributed by atoms with Crippen LogP contribution in [0.3, 0.4) is 0 Å². The normalized spacial score (nSPS) is 9.95. The second-order valence-electron chi connectivity index (χ2n) is 3.97. The van der Waals surface area contributed by atoms with Crippen molar-refractivity contribution < 1.29 is 13.8 Å². The highest BCUT2D eigenvalue weighted by Gasteiger charge is 2.08. The van der Waals surface area contributed by atoms with Crippen LogP contribution < -0.4 is 4.74 Å². The van der Waals surface area contributed by atoms with Crippen LogP contribution >= 0.6 is 11.6 Å². The summed E-state index contributed by atoms with van der Waals surface area (Å²) >= 11 is 5.55. The third kappa shape index (κ3) is 3.72. The second-order valence-corrected chi connectivity index (χ2v) is 4.34. The first-order valence-electron chi connectivity index (χ1n) is 5.96. The van der Waals surface area contributed by atoms with E-state index < -0.39 is 0 Å². The molecule has 0 aliphatic carbocycles. The molecule has 6 heteroatoms. The van der Waals surface area contributed by atoms with Crippen molar-refractivity contribution in [3.63, 3.8) is 0 Å². The molecule has 0 aliphatic rings. The zero-order chi connectivity index (χ0) is 14.4. The lowest BCUT2D eigenvalue weighted by Gasteiger charge is -2.06. The van der Waals surface area contributed by atoms with Gasteiger partial charge >= 0.3 is 0 Å². The molecule has 2 aromatic rings. The summed E-state index contributed by atoms with van der Waals surface area (Å²) in [5.41, 5.74) is 1.72. The highest BCUT2D eigenvalue weighted by atomic mass is 35.5. The predicted octanol–water partition coefficient (Wildman–Crippen LogP) is 3.08. The molecule has 0 N–H and O–H groups in total. The van der Waals surface area contributed by atoms with Gasteiger partial charge in [-0.3, -0.25) is 0 Å². The number of nitrogens with zero attached hydrogens (tertiary/aromatic N) is 2. The highest BCUT2D eigenvalue weighted by molar-refractivity contribution is 6.18. The van der Waals surface area contributed by atoms with Crippen molar-refractivity contribution in [3.05, 3.63) is 41.0 Å². The van der Waals surface area contributed by atoms with E-state index in [9.17, 15) is 4.39 Å². The predicted molar refractivity (Wildman–Crippen MR) is 72.0 cm³/mol. The number of ether oxygens (including phenoxy) is 1. The maximum Gasteiger partial charge on any atom is 0.145 e. The van der Waals surface area contributed by atoms with E-state index in [1.54, 1.807) is 6.92 Å². The molecule has 0 atom stereocenters. The van der Waals surface area contributed by atoms with Crippen LogP contribution in [0.15, 0.2) is 22.8 Å². The van der Waals surface area contributed by atoms with Crippen LogP contribution in [0.4, 0.5) is 4.39 Å². The fourth-order valence-corrected chi connectivity index (χ4v) is 1.55. The van der Waals surface area contributed by atoms with Gasteiger partial charge in [0.2, 0.25) is 0 Å². The van der Waals surface area contributed by atoms with Gasteiger partial charge in [-0.1, -0.05) is 22.2 Å². The van der Waals surface area contributed by atoms with Crippen molar-refractivity contribution in [2.24, 2.45) is 0 Å². The molecule has 1 aromatic heterocycles. The largest absolute Gasteiger partial charge is 0.486 e. The minimum absolute atomic E-state index is 0.186. The number of hydrogen-bond acceptors (Lipinski definition) is 4. The summed E-state index contributed by atoms with van der Waals surface area (Å²) in [7, 11) is 0. The molecule has 20 heavy (non-hydrogen) atoms. The Kier molecular flexibility index (Phi) is 4.97. The van der Waals surface area contributed by atoms with E-state index in [0.717, 1.165) is 0 Å². The Morgan fingerprint density at radius 2 is 2.25 bits per heavy atom. The van der Waals surface area contributed by atoms with Crippen LogP contribution in [0.5, 0.6) is 5.75 Å². The van der Waals surface area contributed by atoms with Gasteiger partial charge in [0.25, 0.3) is 0 Å². The van der Waals surface area contributed by atoms with Gasteiger partial charge in [-0.05, 0) is 25.1 Å².